The Hall–Kier alpha value is -3.46. The molecular weight excluding hydrogens is 356 g/mol. The van der Waals surface area contributed by atoms with E-state index in [1.807, 2.05) is 18.3 Å². The molecule has 0 fully saturated rings. The third-order valence-corrected chi connectivity index (χ3v) is 5.56. The van der Waals surface area contributed by atoms with Crippen molar-refractivity contribution in [1.82, 2.24) is 9.97 Å². The normalized spacial score (nSPS) is 11.6. The molecule has 0 radical (unpaired) electrons. The van der Waals surface area contributed by atoms with Gasteiger partial charge in [-0.25, -0.2) is 4.98 Å². The van der Waals surface area contributed by atoms with Crippen LogP contribution in [-0.2, 0) is 0 Å². The smallest absolute Gasteiger partial charge is 0.227 e. The number of nitrogens with zero attached hydrogens (tertiary/aromatic N) is 2. The topological polar surface area (TPSA) is 38.9 Å². The molecular formula is C26H22N2O. The lowest BCUT2D eigenvalue weighted by molar-refractivity contribution is 0.654. The van der Waals surface area contributed by atoms with Crippen molar-refractivity contribution in [2.45, 2.75) is 26.7 Å². The van der Waals surface area contributed by atoms with E-state index in [0.29, 0.717) is 11.6 Å². The first-order chi connectivity index (χ1) is 14.1. The lowest BCUT2D eigenvalue weighted by Crippen LogP contribution is -1.93. The van der Waals surface area contributed by atoms with Gasteiger partial charge in [-0.05, 0) is 47.7 Å². The van der Waals surface area contributed by atoms with Crippen LogP contribution >= 0.6 is 0 Å². The highest BCUT2D eigenvalue weighted by Crippen LogP contribution is 2.40. The number of rotatable bonds is 3. The zero-order chi connectivity index (χ0) is 20.0. The summed E-state index contributed by atoms with van der Waals surface area (Å²) >= 11 is 0. The molecule has 3 heteroatoms. The maximum absolute atomic E-state index is 6.21. The van der Waals surface area contributed by atoms with Crippen LogP contribution in [0.2, 0.25) is 0 Å². The van der Waals surface area contributed by atoms with Crippen molar-refractivity contribution >= 4 is 22.1 Å². The van der Waals surface area contributed by atoms with Crippen LogP contribution in [0.1, 0.15) is 30.9 Å². The second-order valence-corrected chi connectivity index (χ2v) is 7.77. The van der Waals surface area contributed by atoms with Gasteiger partial charge in [0.25, 0.3) is 0 Å². The van der Waals surface area contributed by atoms with Gasteiger partial charge in [0.15, 0.2) is 0 Å². The Labute approximate surface area is 170 Å². The van der Waals surface area contributed by atoms with Crippen LogP contribution in [0.15, 0.2) is 77.5 Å². The Morgan fingerprint density at radius 2 is 1.55 bits per heavy atom. The molecule has 0 bridgehead atoms. The third kappa shape index (κ3) is 2.90. The minimum atomic E-state index is 0.511. The van der Waals surface area contributed by atoms with Gasteiger partial charge in [-0.2, -0.15) is 0 Å². The summed E-state index contributed by atoms with van der Waals surface area (Å²) in [4.78, 5) is 9.19. The number of aromatic nitrogens is 2. The van der Waals surface area contributed by atoms with Gasteiger partial charge in [0, 0.05) is 34.3 Å². The van der Waals surface area contributed by atoms with E-state index in [1.54, 1.807) is 6.20 Å². The monoisotopic (exact) mass is 378 g/mol. The number of furan rings is 1. The van der Waals surface area contributed by atoms with Crippen LogP contribution in [0, 0.1) is 6.92 Å². The van der Waals surface area contributed by atoms with Gasteiger partial charge in [0.05, 0.1) is 5.69 Å². The molecule has 0 aliphatic heterocycles. The highest BCUT2D eigenvalue weighted by molar-refractivity contribution is 6.09. The molecule has 3 heterocycles. The maximum Gasteiger partial charge on any atom is 0.227 e. The van der Waals surface area contributed by atoms with E-state index in [4.69, 9.17) is 9.40 Å². The number of aryl methyl sites for hydroxylation is 1. The SMILES string of the molecule is Cc1ccc2c(oc3ncccc32)c1-c1ncccc1-c1ccc(C(C)C)cc1. The van der Waals surface area contributed by atoms with E-state index >= 15 is 0 Å². The predicted octanol–water partition coefficient (Wildman–Crippen LogP) is 7.14. The molecule has 0 amide bonds. The zero-order valence-corrected chi connectivity index (χ0v) is 16.8. The Morgan fingerprint density at radius 1 is 0.793 bits per heavy atom. The first kappa shape index (κ1) is 17.6. The lowest BCUT2D eigenvalue weighted by atomic mass is 9.93. The summed E-state index contributed by atoms with van der Waals surface area (Å²) in [5, 5.41) is 2.10. The summed E-state index contributed by atoms with van der Waals surface area (Å²) in [5.74, 6) is 0.511. The molecule has 3 nitrogen and oxygen atoms in total. The number of pyridine rings is 2. The van der Waals surface area contributed by atoms with E-state index < -0.39 is 0 Å². The largest absolute Gasteiger partial charge is 0.437 e. The van der Waals surface area contributed by atoms with E-state index in [0.717, 1.165) is 44.3 Å². The van der Waals surface area contributed by atoms with Crippen molar-refractivity contribution in [1.29, 1.82) is 0 Å². The van der Waals surface area contributed by atoms with Gasteiger partial charge in [-0.15, -0.1) is 0 Å². The van der Waals surface area contributed by atoms with Crippen LogP contribution in [0.5, 0.6) is 0 Å². The molecule has 0 aliphatic rings. The molecule has 5 aromatic rings. The van der Waals surface area contributed by atoms with Gasteiger partial charge in [0.2, 0.25) is 5.71 Å². The molecule has 0 saturated heterocycles. The minimum Gasteiger partial charge on any atom is -0.437 e. The van der Waals surface area contributed by atoms with Crippen LogP contribution in [-0.4, -0.2) is 9.97 Å². The first-order valence-electron chi connectivity index (χ1n) is 9.96. The Morgan fingerprint density at radius 3 is 2.34 bits per heavy atom. The molecule has 0 aliphatic carbocycles. The number of hydrogen-bond acceptors (Lipinski definition) is 3. The van der Waals surface area contributed by atoms with Crippen molar-refractivity contribution in [3.05, 3.63) is 84.2 Å². The Kier molecular flexibility index (Phi) is 4.17. The molecule has 0 saturated carbocycles. The third-order valence-electron chi connectivity index (χ3n) is 5.56. The molecule has 0 N–H and O–H groups in total. The second-order valence-electron chi connectivity index (χ2n) is 7.77. The van der Waals surface area contributed by atoms with E-state index in [9.17, 15) is 0 Å². The minimum absolute atomic E-state index is 0.511. The number of fused-ring (bicyclic) bond motifs is 3. The van der Waals surface area contributed by atoms with Crippen LogP contribution in [0.25, 0.3) is 44.5 Å². The second kappa shape index (κ2) is 6.85. The highest BCUT2D eigenvalue weighted by atomic mass is 16.3. The van der Waals surface area contributed by atoms with Gasteiger partial charge in [-0.3, -0.25) is 4.98 Å². The van der Waals surface area contributed by atoms with Crippen LogP contribution in [0.4, 0.5) is 0 Å². The van der Waals surface area contributed by atoms with Gasteiger partial charge >= 0.3 is 0 Å². The molecule has 2 aromatic carbocycles. The number of hydrogen-bond donors (Lipinski definition) is 0. The molecule has 29 heavy (non-hydrogen) atoms. The molecule has 5 rings (SSSR count). The molecule has 0 unspecified atom stereocenters. The van der Waals surface area contributed by atoms with Crippen molar-refractivity contribution in [2.75, 3.05) is 0 Å². The summed E-state index contributed by atoms with van der Waals surface area (Å²) in [6, 6.07) is 21.1. The van der Waals surface area contributed by atoms with Gasteiger partial charge in [0.1, 0.15) is 5.58 Å². The van der Waals surface area contributed by atoms with Gasteiger partial charge < -0.3 is 4.42 Å². The summed E-state index contributed by atoms with van der Waals surface area (Å²) < 4.78 is 6.21. The molecule has 3 aromatic heterocycles. The quantitative estimate of drug-likeness (QED) is 0.335. The maximum atomic E-state index is 6.21. The van der Waals surface area contributed by atoms with E-state index in [-0.39, 0.29) is 0 Å². The van der Waals surface area contributed by atoms with Crippen LogP contribution < -0.4 is 0 Å². The average molecular weight is 378 g/mol. The fourth-order valence-corrected chi connectivity index (χ4v) is 3.95. The fraction of sp³-hybridized carbons (Fsp3) is 0.154. The van der Waals surface area contributed by atoms with Crippen molar-refractivity contribution < 1.29 is 4.42 Å². The standard InChI is InChI=1S/C26H22N2O/c1-16(2)18-9-11-19(12-10-18)20-6-4-14-27-24(20)23-17(3)8-13-21-22-7-5-15-28-26(22)29-25(21)23/h4-16H,1-3H3. The zero-order valence-electron chi connectivity index (χ0n) is 16.8. The Balaban J connectivity index is 1.77. The van der Waals surface area contributed by atoms with Crippen molar-refractivity contribution in [2.24, 2.45) is 0 Å². The van der Waals surface area contributed by atoms with Gasteiger partial charge in [-0.1, -0.05) is 56.3 Å². The average Bonchev–Trinajstić information content (AvgIpc) is 3.12. The highest BCUT2D eigenvalue weighted by Gasteiger charge is 2.19. The molecule has 0 spiro atoms. The van der Waals surface area contributed by atoms with Crippen molar-refractivity contribution in [3.8, 4) is 22.4 Å². The molecule has 0 atom stereocenters. The fourth-order valence-electron chi connectivity index (χ4n) is 3.95. The Bertz CT molecular complexity index is 1330. The summed E-state index contributed by atoms with van der Waals surface area (Å²) in [6.07, 6.45) is 3.61. The van der Waals surface area contributed by atoms with Crippen LogP contribution in [0.3, 0.4) is 0 Å². The summed E-state index contributed by atoms with van der Waals surface area (Å²) in [6.45, 7) is 6.53. The first-order valence-corrected chi connectivity index (χ1v) is 9.96. The van der Waals surface area contributed by atoms with Crippen molar-refractivity contribution in [3.63, 3.8) is 0 Å². The summed E-state index contributed by atoms with van der Waals surface area (Å²) in [7, 11) is 0. The summed E-state index contributed by atoms with van der Waals surface area (Å²) in [5.41, 5.74) is 8.20. The van der Waals surface area contributed by atoms with E-state index in [2.05, 4.69) is 74.3 Å². The predicted molar refractivity (Wildman–Crippen MR) is 119 cm³/mol. The lowest BCUT2D eigenvalue weighted by Gasteiger charge is -2.13. The van der Waals surface area contributed by atoms with E-state index in [1.165, 1.54) is 5.56 Å². The molecule has 142 valence electrons. The number of benzene rings is 2.